The summed E-state index contributed by atoms with van der Waals surface area (Å²) in [5, 5.41) is 6.95. The van der Waals surface area contributed by atoms with Crippen LogP contribution in [0.5, 0.6) is 0 Å². The molecule has 1 fully saturated rings. The number of nitrogens with one attached hydrogen (secondary N) is 1. The van der Waals surface area contributed by atoms with Crippen molar-refractivity contribution in [3.63, 3.8) is 0 Å². The molecule has 0 atom stereocenters. The molecule has 2 aromatic rings. The minimum Gasteiger partial charge on any atom is -0.400 e. The van der Waals surface area contributed by atoms with E-state index in [-0.39, 0.29) is 18.3 Å². The summed E-state index contributed by atoms with van der Waals surface area (Å²) in [7, 11) is 1.57. The van der Waals surface area contributed by atoms with Crippen molar-refractivity contribution in [1.29, 1.82) is 0 Å². The molecule has 0 amide bonds. The van der Waals surface area contributed by atoms with Crippen LogP contribution in [0.4, 0.5) is 0 Å². The van der Waals surface area contributed by atoms with Gasteiger partial charge in [-0.1, -0.05) is 35.5 Å². The van der Waals surface area contributed by atoms with Gasteiger partial charge in [0.05, 0.1) is 17.4 Å². The minimum atomic E-state index is -0.355. The number of nitrogens with zero attached hydrogens (tertiary/aromatic N) is 1. The van der Waals surface area contributed by atoms with Crippen LogP contribution in [-0.4, -0.2) is 37.1 Å². The van der Waals surface area contributed by atoms with E-state index in [9.17, 15) is 0 Å². The van der Waals surface area contributed by atoms with Crippen molar-refractivity contribution in [2.45, 2.75) is 38.9 Å². The van der Waals surface area contributed by atoms with Gasteiger partial charge in [-0.3, -0.25) is 0 Å². The lowest BCUT2D eigenvalue weighted by Gasteiger charge is -2.32. The van der Waals surface area contributed by atoms with E-state index >= 15 is 0 Å². The Labute approximate surface area is 149 Å². The lowest BCUT2D eigenvalue weighted by Crippen LogP contribution is -2.41. The first-order valence-corrected chi connectivity index (χ1v) is 8.54. The van der Waals surface area contributed by atoms with E-state index in [1.165, 1.54) is 0 Å². The maximum Gasteiger partial charge on any atom is 0.491 e. The van der Waals surface area contributed by atoms with Gasteiger partial charge in [0, 0.05) is 18.2 Å². The van der Waals surface area contributed by atoms with Crippen molar-refractivity contribution in [1.82, 2.24) is 10.5 Å². The molecule has 25 heavy (non-hydrogen) atoms. The van der Waals surface area contributed by atoms with E-state index in [4.69, 9.17) is 13.8 Å². The van der Waals surface area contributed by atoms with Crippen LogP contribution in [0.25, 0.3) is 17.4 Å². The predicted molar refractivity (Wildman–Crippen MR) is 99.9 cm³/mol. The third kappa shape index (κ3) is 3.71. The van der Waals surface area contributed by atoms with Gasteiger partial charge in [-0.05, 0) is 45.8 Å². The number of hydrogen-bond donors (Lipinski definition) is 1. The molecule has 132 valence electrons. The quantitative estimate of drug-likeness (QED) is 0.843. The van der Waals surface area contributed by atoms with Gasteiger partial charge in [-0.25, -0.2) is 0 Å². The maximum absolute atomic E-state index is 6.18. The fraction of sp³-hybridized carbons (Fsp3) is 0.421. The molecule has 0 unspecified atom stereocenters. The lowest BCUT2D eigenvalue weighted by atomic mass is 9.77. The van der Waals surface area contributed by atoms with E-state index in [0.29, 0.717) is 6.54 Å². The number of hydrogen-bond acceptors (Lipinski definition) is 5. The molecule has 0 aliphatic carbocycles. The van der Waals surface area contributed by atoms with Crippen LogP contribution >= 0.6 is 0 Å². The Kier molecular flexibility index (Phi) is 4.87. The van der Waals surface area contributed by atoms with Crippen LogP contribution in [-0.2, 0) is 9.31 Å². The second-order valence-electron chi connectivity index (χ2n) is 7.34. The normalized spacial score (nSPS) is 19.4. The summed E-state index contributed by atoms with van der Waals surface area (Å²) >= 11 is 0. The van der Waals surface area contributed by atoms with Crippen LogP contribution in [0.3, 0.4) is 0 Å². The minimum absolute atomic E-state index is 0.347. The molecule has 0 saturated carbocycles. The largest absolute Gasteiger partial charge is 0.491 e. The van der Waals surface area contributed by atoms with Crippen LogP contribution in [0.1, 0.15) is 33.3 Å². The van der Waals surface area contributed by atoms with Crippen molar-refractivity contribution < 1.29 is 13.8 Å². The third-order valence-electron chi connectivity index (χ3n) is 4.92. The van der Waals surface area contributed by atoms with Gasteiger partial charge < -0.3 is 19.1 Å². The van der Waals surface area contributed by atoms with Crippen LogP contribution in [0.2, 0.25) is 0 Å². The molecule has 1 N–H and O–H groups in total. The molecule has 1 saturated heterocycles. The average molecular weight is 340 g/mol. The molecule has 1 aromatic carbocycles. The summed E-state index contributed by atoms with van der Waals surface area (Å²) in [6, 6.07) is 10.0. The van der Waals surface area contributed by atoms with Gasteiger partial charge in [-0.15, -0.1) is 0 Å². The Morgan fingerprint density at radius 3 is 2.24 bits per heavy atom. The van der Waals surface area contributed by atoms with Crippen LogP contribution < -0.4 is 5.32 Å². The predicted octanol–water partition coefficient (Wildman–Crippen LogP) is 3.58. The van der Waals surface area contributed by atoms with E-state index in [1.54, 1.807) is 6.20 Å². The van der Waals surface area contributed by atoms with Gasteiger partial charge >= 0.3 is 7.12 Å². The SMILES string of the molecule is CNCC(=Cc1ccc(-c2ccno2)cc1)B1OC(C)(C)C(C)(C)O1. The zero-order valence-electron chi connectivity index (χ0n) is 15.5. The Morgan fingerprint density at radius 1 is 1.08 bits per heavy atom. The highest BCUT2D eigenvalue weighted by Gasteiger charge is 2.52. The second-order valence-corrected chi connectivity index (χ2v) is 7.34. The monoisotopic (exact) mass is 340 g/mol. The van der Waals surface area contributed by atoms with Crippen molar-refractivity contribution in [3.05, 3.63) is 47.6 Å². The second kappa shape index (κ2) is 6.79. The highest BCUT2D eigenvalue weighted by Crippen LogP contribution is 2.38. The summed E-state index contributed by atoms with van der Waals surface area (Å²) in [5.41, 5.74) is 2.46. The highest BCUT2D eigenvalue weighted by atomic mass is 16.7. The zero-order valence-corrected chi connectivity index (χ0v) is 15.5. The lowest BCUT2D eigenvalue weighted by molar-refractivity contribution is 0.00578. The van der Waals surface area contributed by atoms with Crippen molar-refractivity contribution in [2.75, 3.05) is 13.6 Å². The number of likely N-dealkylation sites (N-methyl/N-ethyl adjacent to an activating group) is 1. The third-order valence-corrected chi connectivity index (χ3v) is 4.92. The van der Waals surface area contributed by atoms with Crippen molar-refractivity contribution >= 4 is 13.2 Å². The number of benzene rings is 1. The molecule has 1 aromatic heterocycles. The summed E-state index contributed by atoms with van der Waals surface area (Å²) in [6.45, 7) is 8.96. The van der Waals surface area contributed by atoms with Gasteiger partial charge in [0.2, 0.25) is 0 Å². The highest BCUT2D eigenvalue weighted by molar-refractivity contribution is 6.55. The molecule has 1 aliphatic heterocycles. The first-order chi connectivity index (χ1) is 11.8. The standard InChI is InChI=1S/C19H25BN2O3/c1-18(2)19(3,4)25-20(24-18)16(13-21-5)12-14-6-8-15(9-7-14)17-10-11-22-23-17/h6-12,21H,13H2,1-5H3. The maximum atomic E-state index is 6.18. The van der Waals surface area contributed by atoms with Crippen LogP contribution in [0, 0.1) is 0 Å². The van der Waals surface area contributed by atoms with Gasteiger partial charge in [0.15, 0.2) is 5.76 Å². The molecule has 1 aliphatic rings. The zero-order chi connectivity index (χ0) is 18.1. The molecule has 0 bridgehead atoms. The van der Waals surface area contributed by atoms with Crippen LogP contribution in [0.15, 0.2) is 46.5 Å². The van der Waals surface area contributed by atoms with E-state index < -0.39 is 0 Å². The van der Waals surface area contributed by atoms with Gasteiger partial charge in [0.1, 0.15) is 0 Å². The topological polar surface area (TPSA) is 56.5 Å². The molecule has 6 heteroatoms. The average Bonchev–Trinajstić information content (AvgIpc) is 3.14. The smallest absolute Gasteiger partial charge is 0.400 e. The Morgan fingerprint density at radius 2 is 1.72 bits per heavy atom. The summed E-state index contributed by atoms with van der Waals surface area (Å²) < 4.78 is 17.6. The van der Waals surface area contributed by atoms with Gasteiger partial charge in [-0.2, -0.15) is 0 Å². The first-order valence-electron chi connectivity index (χ1n) is 8.54. The van der Waals surface area contributed by atoms with Gasteiger partial charge in [0.25, 0.3) is 0 Å². The van der Waals surface area contributed by atoms with Crippen molar-refractivity contribution in [2.24, 2.45) is 0 Å². The molecular formula is C19H25BN2O3. The van der Waals surface area contributed by atoms with E-state index in [1.807, 2.05) is 25.2 Å². The fourth-order valence-electron chi connectivity index (χ4n) is 2.72. The summed E-state index contributed by atoms with van der Waals surface area (Å²) in [5.74, 6) is 0.761. The Hall–Kier alpha value is -1.89. The molecule has 5 nitrogen and oxygen atoms in total. The Balaban J connectivity index is 1.83. The molecule has 0 radical (unpaired) electrons. The molecule has 2 heterocycles. The van der Waals surface area contributed by atoms with E-state index in [2.05, 4.69) is 56.4 Å². The fourth-order valence-corrected chi connectivity index (χ4v) is 2.72. The number of rotatable bonds is 5. The van der Waals surface area contributed by atoms with E-state index in [0.717, 1.165) is 22.4 Å². The molecule has 0 spiro atoms. The first kappa shape index (κ1) is 17.9. The summed E-state index contributed by atoms with van der Waals surface area (Å²) in [4.78, 5) is 0. The Bertz CT molecular complexity index is 721. The molecular weight excluding hydrogens is 315 g/mol. The molecule has 3 rings (SSSR count). The number of aromatic nitrogens is 1. The summed E-state index contributed by atoms with van der Waals surface area (Å²) in [6.07, 6.45) is 3.76. The van der Waals surface area contributed by atoms with Crippen molar-refractivity contribution in [3.8, 4) is 11.3 Å².